The van der Waals surface area contributed by atoms with Crippen LogP contribution in [0.4, 0.5) is 0 Å². The summed E-state index contributed by atoms with van der Waals surface area (Å²) in [7, 11) is 0. The molecule has 2 rings (SSSR count). The van der Waals surface area contributed by atoms with Gasteiger partial charge in [0.25, 0.3) is 5.91 Å². The number of halogens is 1. The summed E-state index contributed by atoms with van der Waals surface area (Å²) < 4.78 is 4.90. The van der Waals surface area contributed by atoms with Gasteiger partial charge in [0.15, 0.2) is 0 Å². The third-order valence-electron chi connectivity index (χ3n) is 3.11. The highest BCUT2D eigenvalue weighted by Crippen LogP contribution is 2.29. The first-order chi connectivity index (χ1) is 7.14. The summed E-state index contributed by atoms with van der Waals surface area (Å²) in [6, 6.07) is 1.69. The average Bonchev–Trinajstić information content (AvgIpc) is 2.86. The summed E-state index contributed by atoms with van der Waals surface area (Å²) in [6.45, 7) is 4.28. The van der Waals surface area contributed by atoms with Crippen LogP contribution >= 0.6 is 12.4 Å². The quantitative estimate of drug-likeness (QED) is 0.858. The van der Waals surface area contributed by atoms with Crippen molar-refractivity contribution in [1.82, 2.24) is 4.90 Å². The first kappa shape index (κ1) is 13.1. The van der Waals surface area contributed by atoms with Gasteiger partial charge in [0.1, 0.15) is 6.26 Å². The molecule has 1 unspecified atom stereocenters. The van der Waals surface area contributed by atoms with E-state index in [1.807, 2.05) is 4.90 Å². The first-order valence-corrected chi connectivity index (χ1v) is 5.16. The second-order valence-corrected chi connectivity index (χ2v) is 4.50. The summed E-state index contributed by atoms with van der Waals surface area (Å²) in [5.41, 5.74) is 6.40. The molecule has 0 aliphatic carbocycles. The Labute approximate surface area is 101 Å². The standard InChI is InChI=1S/C11H16N2O2.ClH/c1-11(7-12)3-4-13(8-11)10(14)9-2-5-15-6-9;/h2,5-6H,3-4,7-8,12H2,1H3;1H. The van der Waals surface area contributed by atoms with Crippen molar-refractivity contribution in [2.45, 2.75) is 13.3 Å². The van der Waals surface area contributed by atoms with Gasteiger partial charge in [-0.25, -0.2) is 0 Å². The van der Waals surface area contributed by atoms with Crippen molar-refractivity contribution in [2.24, 2.45) is 11.1 Å². The minimum absolute atomic E-state index is 0. The van der Waals surface area contributed by atoms with Gasteiger partial charge in [-0.2, -0.15) is 0 Å². The molecule has 2 N–H and O–H groups in total. The number of furan rings is 1. The van der Waals surface area contributed by atoms with Crippen LogP contribution in [0.15, 0.2) is 23.0 Å². The van der Waals surface area contributed by atoms with E-state index in [-0.39, 0.29) is 23.7 Å². The number of carbonyl (C=O) groups is 1. The second-order valence-electron chi connectivity index (χ2n) is 4.50. The van der Waals surface area contributed by atoms with Crippen LogP contribution in [-0.4, -0.2) is 30.4 Å². The van der Waals surface area contributed by atoms with Crippen LogP contribution < -0.4 is 5.73 Å². The molecule has 2 heterocycles. The van der Waals surface area contributed by atoms with E-state index in [0.717, 1.165) is 19.5 Å². The van der Waals surface area contributed by atoms with E-state index in [1.165, 1.54) is 12.5 Å². The van der Waals surface area contributed by atoms with Crippen molar-refractivity contribution in [1.29, 1.82) is 0 Å². The molecule has 1 atom stereocenters. The first-order valence-electron chi connectivity index (χ1n) is 5.16. The third-order valence-corrected chi connectivity index (χ3v) is 3.11. The molecule has 0 spiro atoms. The molecule has 0 bridgehead atoms. The zero-order valence-electron chi connectivity index (χ0n) is 9.31. The minimum atomic E-state index is 0. The maximum Gasteiger partial charge on any atom is 0.257 e. The molecule has 1 aromatic rings. The predicted molar refractivity (Wildman–Crippen MR) is 63.6 cm³/mol. The molecule has 0 saturated carbocycles. The maximum absolute atomic E-state index is 11.9. The maximum atomic E-state index is 11.9. The Morgan fingerprint density at radius 3 is 2.94 bits per heavy atom. The van der Waals surface area contributed by atoms with Gasteiger partial charge in [-0.1, -0.05) is 6.92 Å². The van der Waals surface area contributed by atoms with Gasteiger partial charge in [0, 0.05) is 13.1 Å². The fourth-order valence-corrected chi connectivity index (χ4v) is 1.93. The van der Waals surface area contributed by atoms with E-state index >= 15 is 0 Å². The number of nitrogens with zero attached hydrogens (tertiary/aromatic N) is 1. The highest BCUT2D eigenvalue weighted by atomic mass is 35.5. The van der Waals surface area contributed by atoms with Crippen LogP contribution in [-0.2, 0) is 0 Å². The van der Waals surface area contributed by atoms with Crippen LogP contribution in [0.5, 0.6) is 0 Å². The molecular formula is C11H17ClN2O2. The zero-order valence-corrected chi connectivity index (χ0v) is 10.1. The van der Waals surface area contributed by atoms with Crippen molar-refractivity contribution in [2.75, 3.05) is 19.6 Å². The topological polar surface area (TPSA) is 59.5 Å². The van der Waals surface area contributed by atoms with Gasteiger partial charge < -0.3 is 15.1 Å². The van der Waals surface area contributed by atoms with E-state index in [4.69, 9.17) is 10.2 Å². The number of amides is 1. The summed E-state index contributed by atoms with van der Waals surface area (Å²) in [6.07, 6.45) is 3.99. The molecule has 90 valence electrons. The van der Waals surface area contributed by atoms with Crippen molar-refractivity contribution >= 4 is 18.3 Å². The number of likely N-dealkylation sites (tertiary alicyclic amines) is 1. The average molecular weight is 245 g/mol. The van der Waals surface area contributed by atoms with Crippen LogP contribution in [0.2, 0.25) is 0 Å². The van der Waals surface area contributed by atoms with Crippen molar-refractivity contribution in [3.63, 3.8) is 0 Å². The monoisotopic (exact) mass is 244 g/mol. The fourth-order valence-electron chi connectivity index (χ4n) is 1.93. The normalized spacial score (nSPS) is 24.2. The molecule has 1 aromatic heterocycles. The summed E-state index contributed by atoms with van der Waals surface area (Å²) in [5, 5.41) is 0. The Hall–Kier alpha value is -1.00. The lowest BCUT2D eigenvalue weighted by Gasteiger charge is -2.22. The molecule has 5 heteroatoms. The van der Waals surface area contributed by atoms with E-state index in [9.17, 15) is 4.79 Å². The molecule has 4 nitrogen and oxygen atoms in total. The largest absolute Gasteiger partial charge is 0.472 e. The van der Waals surface area contributed by atoms with Crippen LogP contribution in [0, 0.1) is 5.41 Å². The number of hydrogen-bond acceptors (Lipinski definition) is 3. The smallest absolute Gasteiger partial charge is 0.257 e. The molecule has 16 heavy (non-hydrogen) atoms. The van der Waals surface area contributed by atoms with E-state index in [0.29, 0.717) is 12.1 Å². The second kappa shape index (κ2) is 4.89. The van der Waals surface area contributed by atoms with E-state index in [2.05, 4.69) is 6.92 Å². The van der Waals surface area contributed by atoms with E-state index in [1.54, 1.807) is 6.07 Å². The van der Waals surface area contributed by atoms with Gasteiger partial charge in [-0.3, -0.25) is 4.79 Å². The predicted octanol–water partition coefficient (Wildman–Crippen LogP) is 1.51. The number of hydrogen-bond donors (Lipinski definition) is 1. The Morgan fingerprint density at radius 2 is 2.44 bits per heavy atom. The SMILES string of the molecule is CC1(CN)CCN(C(=O)c2ccoc2)C1.Cl. The minimum Gasteiger partial charge on any atom is -0.472 e. The molecular weight excluding hydrogens is 228 g/mol. The summed E-state index contributed by atoms with van der Waals surface area (Å²) in [5.74, 6) is 0.0425. The summed E-state index contributed by atoms with van der Waals surface area (Å²) in [4.78, 5) is 13.8. The number of carbonyl (C=O) groups excluding carboxylic acids is 1. The van der Waals surface area contributed by atoms with E-state index < -0.39 is 0 Å². The lowest BCUT2D eigenvalue weighted by Crippen LogP contribution is -2.34. The Bertz CT molecular complexity index is 353. The molecule has 1 amide bonds. The molecule has 1 aliphatic heterocycles. The lowest BCUT2D eigenvalue weighted by atomic mass is 9.90. The fraction of sp³-hybridized carbons (Fsp3) is 0.545. The highest BCUT2D eigenvalue weighted by molar-refractivity contribution is 5.94. The van der Waals surface area contributed by atoms with Crippen LogP contribution in [0.1, 0.15) is 23.7 Å². The molecule has 0 radical (unpaired) electrons. The van der Waals surface area contributed by atoms with Gasteiger partial charge in [-0.15, -0.1) is 12.4 Å². The van der Waals surface area contributed by atoms with Gasteiger partial charge in [0.2, 0.25) is 0 Å². The van der Waals surface area contributed by atoms with Gasteiger partial charge in [0.05, 0.1) is 11.8 Å². The lowest BCUT2D eigenvalue weighted by molar-refractivity contribution is 0.0776. The molecule has 1 saturated heterocycles. The molecule has 0 aromatic carbocycles. The number of rotatable bonds is 2. The molecule has 1 fully saturated rings. The Kier molecular flexibility index (Phi) is 3.99. The highest BCUT2D eigenvalue weighted by Gasteiger charge is 2.35. The van der Waals surface area contributed by atoms with Crippen LogP contribution in [0.3, 0.4) is 0 Å². The Balaban J connectivity index is 0.00000128. The van der Waals surface area contributed by atoms with Gasteiger partial charge in [-0.05, 0) is 24.4 Å². The Morgan fingerprint density at radius 1 is 1.69 bits per heavy atom. The van der Waals surface area contributed by atoms with Gasteiger partial charge >= 0.3 is 0 Å². The van der Waals surface area contributed by atoms with Crippen molar-refractivity contribution in [3.8, 4) is 0 Å². The third kappa shape index (κ3) is 2.39. The molecule has 1 aliphatic rings. The van der Waals surface area contributed by atoms with Crippen LogP contribution in [0.25, 0.3) is 0 Å². The zero-order chi connectivity index (χ0) is 10.9. The summed E-state index contributed by atoms with van der Waals surface area (Å²) >= 11 is 0. The number of nitrogens with two attached hydrogens (primary N) is 1. The van der Waals surface area contributed by atoms with Crippen molar-refractivity contribution < 1.29 is 9.21 Å². The van der Waals surface area contributed by atoms with Crippen molar-refractivity contribution in [3.05, 3.63) is 24.2 Å².